The van der Waals surface area contributed by atoms with Crippen LogP contribution in [0.1, 0.15) is 53.2 Å². The fraction of sp³-hybridized carbons (Fsp3) is 0.750. The maximum atomic E-state index is 4.61. The average Bonchev–Trinajstić information content (AvgIpc) is 3.17. The van der Waals surface area contributed by atoms with Crippen LogP contribution >= 0.6 is 0 Å². The van der Waals surface area contributed by atoms with Gasteiger partial charge < -0.3 is 10.2 Å². The van der Waals surface area contributed by atoms with Crippen LogP contribution in [0.5, 0.6) is 0 Å². The maximum Gasteiger partial charge on any atom is 0.147 e. The number of rotatable bonds is 6. The highest BCUT2D eigenvalue weighted by Crippen LogP contribution is 2.31. The van der Waals surface area contributed by atoms with Crippen LogP contribution in [0.3, 0.4) is 0 Å². The van der Waals surface area contributed by atoms with Crippen LogP contribution < -0.4 is 10.2 Å². The van der Waals surface area contributed by atoms with Crippen molar-refractivity contribution in [1.82, 2.24) is 15.3 Å². The van der Waals surface area contributed by atoms with Crippen molar-refractivity contribution in [3.8, 4) is 0 Å². The normalized spacial score (nSPS) is 15.7. The van der Waals surface area contributed by atoms with E-state index in [4.69, 9.17) is 0 Å². The molecule has 112 valence electrons. The molecule has 0 atom stereocenters. The third kappa shape index (κ3) is 4.75. The molecule has 20 heavy (non-hydrogen) atoms. The summed E-state index contributed by atoms with van der Waals surface area (Å²) in [5.41, 5.74) is 1.11. The second-order valence-electron chi connectivity index (χ2n) is 7.16. The van der Waals surface area contributed by atoms with Gasteiger partial charge in [-0.3, -0.25) is 4.98 Å². The minimum Gasteiger partial charge on any atom is -0.353 e. The zero-order chi connectivity index (χ0) is 14.8. The topological polar surface area (TPSA) is 41.1 Å². The molecule has 1 heterocycles. The van der Waals surface area contributed by atoms with E-state index in [0.29, 0.717) is 6.04 Å². The lowest BCUT2D eigenvalue weighted by molar-refractivity contribution is 0.421. The predicted octanol–water partition coefficient (Wildman–Crippen LogP) is 2.99. The molecule has 1 aromatic rings. The van der Waals surface area contributed by atoms with E-state index >= 15 is 0 Å². The van der Waals surface area contributed by atoms with Crippen molar-refractivity contribution >= 4 is 5.82 Å². The zero-order valence-electron chi connectivity index (χ0n) is 13.5. The van der Waals surface area contributed by atoms with E-state index in [-0.39, 0.29) is 5.54 Å². The Morgan fingerprint density at radius 1 is 1.25 bits per heavy atom. The Morgan fingerprint density at radius 3 is 2.40 bits per heavy atom. The fourth-order valence-electron chi connectivity index (χ4n) is 2.09. The van der Waals surface area contributed by atoms with E-state index in [1.54, 1.807) is 0 Å². The number of nitrogens with one attached hydrogen (secondary N) is 1. The lowest BCUT2D eigenvalue weighted by Crippen LogP contribution is -2.35. The molecule has 0 bridgehead atoms. The van der Waals surface area contributed by atoms with Crippen LogP contribution in [0.15, 0.2) is 12.4 Å². The third-order valence-electron chi connectivity index (χ3n) is 3.56. The summed E-state index contributed by atoms with van der Waals surface area (Å²) in [5, 5.41) is 3.44. The SMILES string of the molecule is CC(C)N(CC1CC1)c1cnc(CNC(C)(C)C)cn1. The molecule has 1 N–H and O–H groups in total. The molecule has 0 radical (unpaired) electrons. The maximum absolute atomic E-state index is 4.61. The highest BCUT2D eigenvalue weighted by molar-refractivity contribution is 5.37. The van der Waals surface area contributed by atoms with Gasteiger partial charge in [0.1, 0.15) is 5.82 Å². The third-order valence-corrected chi connectivity index (χ3v) is 3.56. The Balaban J connectivity index is 1.98. The largest absolute Gasteiger partial charge is 0.353 e. The van der Waals surface area contributed by atoms with Crippen molar-refractivity contribution in [3.05, 3.63) is 18.1 Å². The average molecular weight is 276 g/mol. The summed E-state index contributed by atoms with van der Waals surface area (Å²) in [6, 6.07) is 0.475. The first-order valence-corrected chi connectivity index (χ1v) is 7.68. The smallest absolute Gasteiger partial charge is 0.147 e. The van der Waals surface area contributed by atoms with E-state index < -0.39 is 0 Å². The van der Waals surface area contributed by atoms with Gasteiger partial charge in [-0.15, -0.1) is 0 Å². The summed E-state index contributed by atoms with van der Waals surface area (Å²) in [7, 11) is 0. The minimum absolute atomic E-state index is 0.107. The molecule has 1 aromatic heterocycles. The van der Waals surface area contributed by atoms with Gasteiger partial charge in [-0.25, -0.2) is 4.98 Å². The van der Waals surface area contributed by atoms with Gasteiger partial charge in [0, 0.05) is 24.7 Å². The van der Waals surface area contributed by atoms with Gasteiger partial charge in [0.15, 0.2) is 0 Å². The standard InChI is InChI=1S/C16H28N4/c1-12(2)20(11-13-6-7-13)15-10-17-14(8-18-15)9-19-16(3,4)5/h8,10,12-13,19H,6-7,9,11H2,1-5H3. The summed E-state index contributed by atoms with van der Waals surface area (Å²) in [4.78, 5) is 11.5. The number of anilines is 1. The summed E-state index contributed by atoms with van der Waals surface area (Å²) >= 11 is 0. The van der Waals surface area contributed by atoms with Crippen LogP contribution in [0, 0.1) is 5.92 Å². The Morgan fingerprint density at radius 2 is 1.95 bits per heavy atom. The van der Waals surface area contributed by atoms with Gasteiger partial charge in [0.25, 0.3) is 0 Å². The van der Waals surface area contributed by atoms with Crippen LogP contribution in [0.2, 0.25) is 0 Å². The van der Waals surface area contributed by atoms with Crippen LogP contribution in [0.4, 0.5) is 5.82 Å². The second kappa shape index (κ2) is 6.08. The van der Waals surface area contributed by atoms with Crippen molar-refractivity contribution in [2.75, 3.05) is 11.4 Å². The van der Waals surface area contributed by atoms with E-state index in [9.17, 15) is 0 Å². The molecular weight excluding hydrogens is 248 g/mol. The molecule has 4 heteroatoms. The molecule has 0 unspecified atom stereocenters. The van der Waals surface area contributed by atoms with E-state index in [1.807, 2.05) is 12.4 Å². The molecule has 0 spiro atoms. The van der Waals surface area contributed by atoms with E-state index in [1.165, 1.54) is 12.8 Å². The summed E-state index contributed by atoms with van der Waals surface area (Å²) in [6.07, 6.45) is 6.55. The fourth-order valence-corrected chi connectivity index (χ4v) is 2.09. The quantitative estimate of drug-likeness (QED) is 0.867. The van der Waals surface area contributed by atoms with Gasteiger partial charge in [-0.05, 0) is 53.4 Å². The van der Waals surface area contributed by atoms with Gasteiger partial charge in [-0.1, -0.05) is 0 Å². The first kappa shape index (κ1) is 15.2. The van der Waals surface area contributed by atoms with Crippen LogP contribution in [-0.4, -0.2) is 28.1 Å². The Bertz CT molecular complexity index is 415. The first-order chi connectivity index (χ1) is 9.35. The van der Waals surface area contributed by atoms with Crippen molar-refractivity contribution < 1.29 is 0 Å². The molecule has 1 aliphatic rings. The zero-order valence-corrected chi connectivity index (χ0v) is 13.5. The lowest BCUT2D eigenvalue weighted by atomic mass is 10.1. The van der Waals surface area contributed by atoms with Crippen LogP contribution in [0.25, 0.3) is 0 Å². The number of hydrogen-bond donors (Lipinski definition) is 1. The van der Waals surface area contributed by atoms with Crippen molar-refractivity contribution in [1.29, 1.82) is 0 Å². The molecule has 0 aromatic carbocycles. The molecule has 0 saturated heterocycles. The highest BCUT2D eigenvalue weighted by atomic mass is 15.2. The molecule has 1 saturated carbocycles. The first-order valence-electron chi connectivity index (χ1n) is 7.68. The predicted molar refractivity (Wildman–Crippen MR) is 83.8 cm³/mol. The molecule has 2 rings (SSSR count). The van der Waals surface area contributed by atoms with Crippen molar-refractivity contribution in [2.45, 2.75) is 65.6 Å². The molecular formula is C16H28N4. The van der Waals surface area contributed by atoms with Crippen molar-refractivity contribution in [2.24, 2.45) is 5.92 Å². The Labute approximate surface area is 123 Å². The lowest BCUT2D eigenvalue weighted by Gasteiger charge is -2.27. The summed E-state index contributed by atoms with van der Waals surface area (Å²) in [5.74, 6) is 1.87. The molecule has 1 aliphatic carbocycles. The number of hydrogen-bond acceptors (Lipinski definition) is 4. The second-order valence-corrected chi connectivity index (χ2v) is 7.16. The summed E-state index contributed by atoms with van der Waals surface area (Å²) < 4.78 is 0. The number of nitrogens with zero attached hydrogens (tertiary/aromatic N) is 3. The Hall–Kier alpha value is -1.16. The Kier molecular flexibility index (Phi) is 4.63. The molecule has 1 fully saturated rings. The van der Waals surface area contributed by atoms with Gasteiger partial charge in [0.2, 0.25) is 0 Å². The van der Waals surface area contributed by atoms with Gasteiger partial charge in [0.05, 0.1) is 18.1 Å². The molecule has 0 amide bonds. The van der Waals surface area contributed by atoms with E-state index in [2.05, 4.69) is 54.8 Å². The highest BCUT2D eigenvalue weighted by Gasteiger charge is 2.26. The molecule has 0 aliphatic heterocycles. The monoisotopic (exact) mass is 276 g/mol. The van der Waals surface area contributed by atoms with E-state index in [0.717, 1.165) is 30.5 Å². The number of aromatic nitrogens is 2. The minimum atomic E-state index is 0.107. The van der Waals surface area contributed by atoms with Gasteiger partial charge >= 0.3 is 0 Å². The van der Waals surface area contributed by atoms with Gasteiger partial charge in [-0.2, -0.15) is 0 Å². The summed E-state index contributed by atoms with van der Waals surface area (Å²) in [6.45, 7) is 12.8. The molecule has 4 nitrogen and oxygen atoms in total. The van der Waals surface area contributed by atoms with Crippen molar-refractivity contribution in [3.63, 3.8) is 0 Å². The van der Waals surface area contributed by atoms with Crippen LogP contribution in [-0.2, 0) is 6.54 Å².